The van der Waals surface area contributed by atoms with Crippen LogP contribution in [0.4, 0.5) is 0 Å². The number of hydrogen-bond acceptors (Lipinski definition) is 5. The number of piperazine rings is 1. The summed E-state index contributed by atoms with van der Waals surface area (Å²) in [4.78, 5) is 34.6. The van der Waals surface area contributed by atoms with Crippen LogP contribution in [0.3, 0.4) is 0 Å². The Morgan fingerprint density at radius 1 is 1.09 bits per heavy atom. The van der Waals surface area contributed by atoms with Crippen molar-refractivity contribution in [3.63, 3.8) is 0 Å². The Morgan fingerprint density at radius 3 is 2.64 bits per heavy atom. The van der Waals surface area contributed by atoms with Gasteiger partial charge in [0.25, 0.3) is 5.91 Å². The molecule has 7 nitrogen and oxygen atoms in total. The molecule has 1 fully saturated rings. The molecule has 1 saturated heterocycles. The van der Waals surface area contributed by atoms with Gasteiger partial charge in [-0.25, -0.2) is 0 Å². The van der Waals surface area contributed by atoms with E-state index in [1.54, 1.807) is 6.07 Å². The van der Waals surface area contributed by atoms with E-state index >= 15 is 0 Å². The summed E-state index contributed by atoms with van der Waals surface area (Å²) < 4.78 is 0. The summed E-state index contributed by atoms with van der Waals surface area (Å²) in [6, 6.07) is 11.0. The lowest BCUT2D eigenvalue weighted by atomic mass is 10.0. The van der Waals surface area contributed by atoms with E-state index in [-0.39, 0.29) is 11.8 Å². The molecular formula is C25H33N5O2S. The van der Waals surface area contributed by atoms with Crippen molar-refractivity contribution >= 4 is 34.1 Å². The lowest BCUT2D eigenvalue weighted by Gasteiger charge is -2.34. The number of amides is 2. The third kappa shape index (κ3) is 6.22. The Hall–Kier alpha value is -2.68. The van der Waals surface area contributed by atoms with Crippen LogP contribution >= 0.6 is 11.3 Å². The van der Waals surface area contributed by atoms with Crippen LogP contribution in [-0.4, -0.2) is 78.5 Å². The number of hydrogen-bond donors (Lipinski definition) is 3. The molecule has 8 heteroatoms. The number of carbonyl (C=O) groups is 2. The standard InChI is InChI=1S/C25H33N5O2S/c1-2-29-12-14-30(15-13-29)11-6-10-26-24(31)22(28-25(32)23-9-5-16-33-23)17-19-18-27-21-8-4-3-7-20(19)21/h3-5,7-9,16,18,22,27H,2,6,10-15,17H2,1H3,(H,26,31)(H,28,32). The van der Waals surface area contributed by atoms with Crippen LogP contribution in [0.2, 0.25) is 0 Å². The van der Waals surface area contributed by atoms with Crippen molar-refractivity contribution in [2.45, 2.75) is 25.8 Å². The van der Waals surface area contributed by atoms with Crippen molar-refractivity contribution in [1.82, 2.24) is 25.4 Å². The second kappa shape index (κ2) is 11.4. The van der Waals surface area contributed by atoms with Crippen molar-refractivity contribution in [2.24, 2.45) is 0 Å². The number of thiophene rings is 1. The minimum absolute atomic E-state index is 0.138. The van der Waals surface area contributed by atoms with Gasteiger partial charge in [-0.3, -0.25) is 9.59 Å². The fourth-order valence-electron chi connectivity index (χ4n) is 4.33. The number of carbonyl (C=O) groups excluding carboxylic acids is 2. The van der Waals surface area contributed by atoms with Crippen LogP contribution in [0.25, 0.3) is 10.9 Å². The number of likely N-dealkylation sites (N-methyl/N-ethyl adjacent to an activating group) is 1. The molecule has 4 rings (SSSR count). The first-order valence-corrected chi connectivity index (χ1v) is 12.6. The molecule has 0 saturated carbocycles. The Bertz CT molecular complexity index is 1040. The maximum Gasteiger partial charge on any atom is 0.262 e. The fourth-order valence-corrected chi connectivity index (χ4v) is 4.96. The van der Waals surface area contributed by atoms with Gasteiger partial charge in [-0.15, -0.1) is 11.3 Å². The molecule has 0 bridgehead atoms. The first-order valence-electron chi connectivity index (χ1n) is 11.8. The van der Waals surface area contributed by atoms with Crippen LogP contribution in [0.5, 0.6) is 0 Å². The Morgan fingerprint density at radius 2 is 1.88 bits per heavy atom. The minimum Gasteiger partial charge on any atom is -0.361 e. The molecule has 33 heavy (non-hydrogen) atoms. The number of benzene rings is 1. The summed E-state index contributed by atoms with van der Waals surface area (Å²) in [7, 11) is 0. The Balaban J connectivity index is 1.34. The van der Waals surface area contributed by atoms with Gasteiger partial charge in [0.15, 0.2) is 0 Å². The number of H-pyrrole nitrogens is 1. The summed E-state index contributed by atoms with van der Waals surface area (Å²) in [6.07, 6.45) is 3.26. The predicted molar refractivity (Wildman–Crippen MR) is 134 cm³/mol. The largest absolute Gasteiger partial charge is 0.361 e. The molecule has 1 aliphatic heterocycles. The Kier molecular flexibility index (Phi) is 8.15. The predicted octanol–water partition coefficient (Wildman–Crippen LogP) is 2.71. The molecule has 3 heterocycles. The highest BCUT2D eigenvalue weighted by molar-refractivity contribution is 7.12. The smallest absolute Gasteiger partial charge is 0.262 e. The second-order valence-electron chi connectivity index (χ2n) is 8.49. The zero-order chi connectivity index (χ0) is 23.0. The molecular weight excluding hydrogens is 434 g/mol. The highest BCUT2D eigenvalue weighted by Crippen LogP contribution is 2.19. The minimum atomic E-state index is -0.632. The van der Waals surface area contributed by atoms with Crippen LogP contribution in [0.1, 0.15) is 28.6 Å². The van der Waals surface area contributed by atoms with Crippen LogP contribution in [-0.2, 0) is 11.2 Å². The van der Waals surface area contributed by atoms with Gasteiger partial charge in [0.2, 0.25) is 5.91 Å². The van der Waals surface area contributed by atoms with Gasteiger partial charge in [0, 0.05) is 56.2 Å². The van der Waals surface area contributed by atoms with Gasteiger partial charge in [-0.05, 0) is 42.6 Å². The normalized spacial score (nSPS) is 16.0. The summed E-state index contributed by atoms with van der Waals surface area (Å²) in [5, 5.41) is 8.95. The third-order valence-electron chi connectivity index (χ3n) is 6.33. The summed E-state index contributed by atoms with van der Waals surface area (Å²) in [5.74, 6) is -0.347. The van der Waals surface area contributed by atoms with E-state index in [0.717, 1.165) is 62.2 Å². The Labute approximate surface area is 199 Å². The van der Waals surface area contributed by atoms with Gasteiger partial charge in [0.1, 0.15) is 6.04 Å². The van der Waals surface area contributed by atoms with Gasteiger partial charge in [-0.1, -0.05) is 31.2 Å². The molecule has 3 aromatic rings. The lowest BCUT2D eigenvalue weighted by molar-refractivity contribution is -0.122. The number of nitrogens with zero attached hydrogens (tertiary/aromatic N) is 2. The van der Waals surface area contributed by atoms with Crippen molar-refractivity contribution in [2.75, 3.05) is 45.8 Å². The maximum absolute atomic E-state index is 13.1. The van der Waals surface area contributed by atoms with Gasteiger partial charge in [0.05, 0.1) is 4.88 Å². The maximum atomic E-state index is 13.1. The van der Waals surface area contributed by atoms with Crippen molar-refractivity contribution in [1.29, 1.82) is 0 Å². The van der Waals surface area contributed by atoms with Crippen molar-refractivity contribution in [3.8, 4) is 0 Å². The molecule has 1 aromatic carbocycles. The summed E-state index contributed by atoms with van der Waals surface area (Å²) in [5.41, 5.74) is 2.05. The highest BCUT2D eigenvalue weighted by atomic mass is 32.1. The number of aromatic amines is 1. The monoisotopic (exact) mass is 467 g/mol. The number of rotatable bonds is 10. The molecule has 3 N–H and O–H groups in total. The van der Waals surface area contributed by atoms with Gasteiger partial charge in [-0.2, -0.15) is 0 Å². The van der Waals surface area contributed by atoms with Crippen LogP contribution in [0.15, 0.2) is 48.0 Å². The van der Waals surface area contributed by atoms with E-state index in [1.807, 2.05) is 41.9 Å². The van der Waals surface area contributed by atoms with E-state index in [0.29, 0.717) is 17.8 Å². The molecule has 176 valence electrons. The average molecular weight is 468 g/mol. The highest BCUT2D eigenvalue weighted by Gasteiger charge is 2.23. The van der Waals surface area contributed by atoms with E-state index in [1.165, 1.54) is 11.3 Å². The number of nitrogens with one attached hydrogen (secondary N) is 3. The SMILES string of the molecule is CCN1CCN(CCCNC(=O)C(Cc2c[nH]c3ccccc23)NC(=O)c2cccs2)CC1. The van der Waals surface area contributed by atoms with Crippen molar-refractivity contribution < 1.29 is 9.59 Å². The van der Waals surface area contributed by atoms with Gasteiger partial charge < -0.3 is 25.4 Å². The zero-order valence-electron chi connectivity index (χ0n) is 19.2. The van der Waals surface area contributed by atoms with E-state index in [4.69, 9.17) is 0 Å². The van der Waals surface area contributed by atoms with E-state index in [2.05, 4.69) is 32.3 Å². The molecule has 2 amide bonds. The molecule has 2 aromatic heterocycles. The first kappa shape index (κ1) is 23.5. The quantitative estimate of drug-likeness (QED) is 0.401. The molecule has 1 unspecified atom stereocenters. The van der Waals surface area contributed by atoms with Crippen LogP contribution in [0, 0.1) is 0 Å². The fraction of sp³-hybridized carbons (Fsp3) is 0.440. The number of fused-ring (bicyclic) bond motifs is 1. The topological polar surface area (TPSA) is 80.5 Å². The first-order chi connectivity index (χ1) is 16.1. The van der Waals surface area contributed by atoms with E-state index < -0.39 is 6.04 Å². The lowest BCUT2D eigenvalue weighted by Crippen LogP contribution is -2.49. The molecule has 1 aliphatic rings. The van der Waals surface area contributed by atoms with Crippen LogP contribution < -0.4 is 10.6 Å². The summed E-state index contributed by atoms with van der Waals surface area (Å²) >= 11 is 1.38. The third-order valence-corrected chi connectivity index (χ3v) is 7.20. The average Bonchev–Trinajstić information content (AvgIpc) is 3.52. The molecule has 0 aliphatic carbocycles. The van der Waals surface area contributed by atoms with E-state index in [9.17, 15) is 9.59 Å². The second-order valence-corrected chi connectivity index (χ2v) is 9.44. The number of aromatic nitrogens is 1. The molecule has 0 radical (unpaired) electrons. The zero-order valence-corrected chi connectivity index (χ0v) is 20.0. The molecule has 0 spiro atoms. The van der Waals surface area contributed by atoms with Gasteiger partial charge >= 0.3 is 0 Å². The summed E-state index contributed by atoms with van der Waals surface area (Å²) in [6.45, 7) is 9.30. The number of para-hydroxylation sites is 1. The molecule has 1 atom stereocenters. The van der Waals surface area contributed by atoms with Crippen molar-refractivity contribution in [3.05, 3.63) is 58.4 Å².